The lowest BCUT2D eigenvalue weighted by Gasteiger charge is -2.22. The summed E-state index contributed by atoms with van der Waals surface area (Å²) in [5.41, 5.74) is 7.28. The van der Waals surface area contributed by atoms with E-state index in [1.54, 1.807) is 0 Å². The first kappa shape index (κ1) is 24.5. The average molecular weight is 571 g/mol. The van der Waals surface area contributed by atoms with Gasteiger partial charge in [-0.05, 0) is 107 Å². The minimum atomic E-state index is 0.915. The second kappa shape index (κ2) is 9.29. The maximum atomic E-state index is 6.37. The van der Waals surface area contributed by atoms with E-state index in [9.17, 15) is 0 Å². The van der Waals surface area contributed by atoms with Crippen LogP contribution in [-0.2, 0) is 0 Å². The average Bonchev–Trinajstić information content (AvgIpc) is 3.11. The van der Waals surface area contributed by atoms with Crippen LogP contribution in [0.1, 0.15) is 0 Å². The molecule has 0 unspecified atom stereocenters. The Kier molecular flexibility index (Phi) is 5.06. The van der Waals surface area contributed by atoms with Crippen LogP contribution < -0.4 is 4.74 Å². The van der Waals surface area contributed by atoms with Crippen molar-refractivity contribution in [3.05, 3.63) is 158 Å². The molecule has 0 amide bonds. The Balaban J connectivity index is 1.16. The fourth-order valence-corrected chi connectivity index (χ4v) is 7.41. The largest absolute Gasteiger partial charge is 0.456 e. The van der Waals surface area contributed by atoms with E-state index >= 15 is 0 Å². The van der Waals surface area contributed by atoms with Gasteiger partial charge in [0.2, 0.25) is 0 Å². The third-order valence-electron chi connectivity index (χ3n) is 9.63. The molecule has 0 saturated carbocycles. The van der Waals surface area contributed by atoms with Gasteiger partial charge in [0.1, 0.15) is 11.5 Å². The lowest BCUT2D eigenvalue weighted by Crippen LogP contribution is -1.97. The molecule has 1 nitrogen and oxygen atoms in total. The van der Waals surface area contributed by atoms with E-state index in [0.29, 0.717) is 0 Å². The lowest BCUT2D eigenvalue weighted by molar-refractivity contribution is 0.487. The van der Waals surface area contributed by atoms with Crippen molar-refractivity contribution in [2.24, 2.45) is 0 Å². The third-order valence-corrected chi connectivity index (χ3v) is 9.63. The standard InChI is InChI=1S/C44H26O/c1-2-7-30-24-31(15-12-27(30)6-1)32-16-13-28-18-21-36-35(40(28)25-32)20-19-29-14-17-33(26-41(29)36)34-22-23-43-44-38(34)9-5-10-39(44)37-8-3-4-11-42(37)45-43/h1-26H. The fourth-order valence-electron chi connectivity index (χ4n) is 7.41. The number of hydrogen-bond acceptors (Lipinski definition) is 1. The van der Waals surface area contributed by atoms with E-state index in [0.717, 1.165) is 17.1 Å². The Bertz CT molecular complexity index is 2680. The van der Waals surface area contributed by atoms with Crippen LogP contribution in [0.4, 0.5) is 0 Å². The van der Waals surface area contributed by atoms with Gasteiger partial charge in [0.05, 0.1) is 0 Å². The van der Waals surface area contributed by atoms with E-state index in [-0.39, 0.29) is 0 Å². The molecule has 0 N–H and O–H groups in total. The minimum Gasteiger partial charge on any atom is -0.456 e. The van der Waals surface area contributed by atoms with Gasteiger partial charge < -0.3 is 4.74 Å². The molecule has 9 aromatic rings. The van der Waals surface area contributed by atoms with Crippen LogP contribution in [0.25, 0.3) is 87.2 Å². The van der Waals surface area contributed by atoms with Gasteiger partial charge in [-0.2, -0.15) is 0 Å². The highest BCUT2D eigenvalue weighted by molar-refractivity contribution is 6.19. The minimum absolute atomic E-state index is 0.915. The Hall–Kier alpha value is -5.92. The maximum absolute atomic E-state index is 6.37. The second-order valence-electron chi connectivity index (χ2n) is 12.1. The normalized spacial score (nSPS) is 12.2. The van der Waals surface area contributed by atoms with Gasteiger partial charge in [0, 0.05) is 10.9 Å². The van der Waals surface area contributed by atoms with Crippen molar-refractivity contribution in [3.8, 4) is 44.9 Å². The third kappa shape index (κ3) is 3.68. The number of para-hydroxylation sites is 1. The molecular formula is C44H26O. The zero-order chi connectivity index (χ0) is 29.5. The molecule has 0 spiro atoms. The molecule has 0 aliphatic carbocycles. The summed E-state index contributed by atoms with van der Waals surface area (Å²) in [4.78, 5) is 0. The first-order valence-corrected chi connectivity index (χ1v) is 15.5. The molecule has 1 aliphatic heterocycles. The Morgan fingerprint density at radius 1 is 0.289 bits per heavy atom. The smallest absolute Gasteiger partial charge is 0.135 e. The van der Waals surface area contributed by atoms with Gasteiger partial charge in [0.15, 0.2) is 0 Å². The molecule has 9 aromatic carbocycles. The molecule has 0 fully saturated rings. The first-order chi connectivity index (χ1) is 22.3. The Morgan fingerprint density at radius 2 is 0.911 bits per heavy atom. The van der Waals surface area contributed by atoms with Crippen molar-refractivity contribution < 1.29 is 4.74 Å². The zero-order valence-corrected chi connectivity index (χ0v) is 24.4. The Morgan fingerprint density at radius 3 is 1.73 bits per heavy atom. The quantitative estimate of drug-likeness (QED) is 0.188. The van der Waals surface area contributed by atoms with Crippen LogP contribution in [-0.4, -0.2) is 0 Å². The molecule has 0 bridgehead atoms. The van der Waals surface area contributed by atoms with Crippen LogP contribution in [0, 0.1) is 0 Å². The molecule has 10 rings (SSSR count). The SMILES string of the molecule is c1ccc2c(c1)Oc1ccc(-c3ccc4ccc5c6cc(-c7ccc8ccccc8c7)ccc6ccc5c4c3)c3cccc-2c13. The van der Waals surface area contributed by atoms with Crippen molar-refractivity contribution >= 4 is 53.9 Å². The monoisotopic (exact) mass is 570 g/mol. The van der Waals surface area contributed by atoms with Crippen molar-refractivity contribution in [2.75, 3.05) is 0 Å². The van der Waals surface area contributed by atoms with Crippen molar-refractivity contribution in [3.63, 3.8) is 0 Å². The van der Waals surface area contributed by atoms with Gasteiger partial charge in [-0.3, -0.25) is 0 Å². The van der Waals surface area contributed by atoms with Crippen LogP contribution in [0.3, 0.4) is 0 Å². The van der Waals surface area contributed by atoms with E-state index in [2.05, 4.69) is 146 Å². The predicted molar refractivity (Wildman–Crippen MR) is 190 cm³/mol. The molecule has 0 saturated heterocycles. The van der Waals surface area contributed by atoms with E-state index in [4.69, 9.17) is 4.74 Å². The number of rotatable bonds is 2. The highest BCUT2D eigenvalue weighted by atomic mass is 16.5. The summed E-state index contributed by atoms with van der Waals surface area (Å²) in [5, 5.41) is 12.5. The molecule has 1 aliphatic rings. The highest BCUT2D eigenvalue weighted by Gasteiger charge is 2.21. The van der Waals surface area contributed by atoms with Crippen LogP contribution in [0.5, 0.6) is 11.5 Å². The van der Waals surface area contributed by atoms with Crippen molar-refractivity contribution in [2.45, 2.75) is 0 Å². The topological polar surface area (TPSA) is 9.23 Å². The fraction of sp³-hybridized carbons (Fsp3) is 0. The van der Waals surface area contributed by atoms with E-state index in [1.165, 1.54) is 81.7 Å². The molecule has 0 atom stereocenters. The summed E-state index contributed by atoms with van der Waals surface area (Å²) < 4.78 is 6.37. The van der Waals surface area contributed by atoms with Crippen LogP contribution in [0.15, 0.2) is 158 Å². The molecule has 0 radical (unpaired) electrons. The molecule has 1 heteroatoms. The summed E-state index contributed by atoms with van der Waals surface area (Å²) in [5.74, 6) is 1.83. The number of benzene rings is 9. The van der Waals surface area contributed by atoms with Gasteiger partial charge in [-0.1, -0.05) is 127 Å². The van der Waals surface area contributed by atoms with Gasteiger partial charge in [-0.25, -0.2) is 0 Å². The van der Waals surface area contributed by atoms with Crippen LogP contribution >= 0.6 is 0 Å². The Labute approximate surface area is 260 Å². The number of fused-ring (bicyclic) bond motifs is 8. The second-order valence-corrected chi connectivity index (χ2v) is 12.1. The van der Waals surface area contributed by atoms with Crippen LogP contribution in [0.2, 0.25) is 0 Å². The zero-order valence-electron chi connectivity index (χ0n) is 24.4. The summed E-state index contributed by atoms with van der Waals surface area (Å²) >= 11 is 0. The highest BCUT2D eigenvalue weighted by Crippen LogP contribution is 2.48. The molecular weight excluding hydrogens is 544 g/mol. The molecule has 208 valence electrons. The maximum Gasteiger partial charge on any atom is 0.135 e. The molecule has 45 heavy (non-hydrogen) atoms. The molecule has 1 heterocycles. The summed E-state index contributed by atoms with van der Waals surface area (Å²) in [6, 6.07) is 57.5. The van der Waals surface area contributed by atoms with Gasteiger partial charge in [0.25, 0.3) is 0 Å². The molecule has 0 aromatic heterocycles. The van der Waals surface area contributed by atoms with Gasteiger partial charge in [-0.15, -0.1) is 0 Å². The van der Waals surface area contributed by atoms with Crippen molar-refractivity contribution in [1.29, 1.82) is 0 Å². The lowest BCUT2D eigenvalue weighted by atomic mass is 9.89. The summed E-state index contributed by atoms with van der Waals surface area (Å²) in [6.07, 6.45) is 0. The number of ether oxygens (including phenoxy) is 1. The van der Waals surface area contributed by atoms with Crippen molar-refractivity contribution in [1.82, 2.24) is 0 Å². The first-order valence-electron chi connectivity index (χ1n) is 15.5. The van der Waals surface area contributed by atoms with E-state index < -0.39 is 0 Å². The summed E-state index contributed by atoms with van der Waals surface area (Å²) in [7, 11) is 0. The van der Waals surface area contributed by atoms with Gasteiger partial charge >= 0.3 is 0 Å². The van der Waals surface area contributed by atoms with E-state index in [1.807, 2.05) is 12.1 Å². The summed E-state index contributed by atoms with van der Waals surface area (Å²) in [6.45, 7) is 0. The predicted octanol–water partition coefficient (Wildman–Crippen LogP) is 12.6. The number of hydrogen-bond donors (Lipinski definition) is 0.